The average Bonchev–Trinajstić information content (AvgIpc) is 3.17. The summed E-state index contributed by atoms with van der Waals surface area (Å²) >= 11 is 2.86. The van der Waals surface area contributed by atoms with Crippen molar-refractivity contribution in [2.45, 2.75) is 25.7 Å². The molecule has 0 aliphatic heterocycles. The Bertz CT molecular complexity index is 669. The predicted molar refractivity (Wildman–Crippen MR) is 84.9 cm³/mol. The van der Waals surface area contributed by atoms with Crippen LogP contribution in [0.5, 0.6) is 0 Å². The first-order valence-electron chi connectivity index (χ1n) is 7.06. The molecule has 1 fully saturated rings. The molecule has 2 unspecified atom stereocenters. The van der Waals surface area contributed by atoms with E-state index in [4.69, 9.17) is 0 Å². The molecule has 0 spiro atoms. The Kier molecular flexibility index (Phi) is 4.49. The van der Waals surface area contributed by atoms with Gasteiger partial charge in [0, 0.05) is 0 Å². The summed E-state index contributed by atoms with van der Waals surface area (Å²) in [6.45, 7) is 0. The monoisotopic (exact) mass is 337 g/mol. The molecule has 2 heterocycles. The molecule has 2 aromatic heterocycles. The first kappa shape index (κ1) is 15.1. The van der Waals surface area contributed by atoms with Crippen molar-refractivity contribution in [3.63, 3.8) is 0 Å². The first-order chi connectivity index (χ1) is 10.6. The van der Waals surface area contributed by atoms with Crippen LogP contribution in [0.4, 0.5) is 5.13 Å². The molecule has 2 atom stereocenters. The fourth-order valence-electron chi connectivity index (χ4n) is 2.71. The highest BCUT2D eigenvalue weighted by Gasteiger charge is 2.36. The van der Waals surface area contributed by atoms with E-state index in [0.29, 0.717) is 18.0 Å². The fourth-order valence-corrected chi connectivity index (χ4v) is 4.25. The third-order valence-corrected chi connectivity index (χ3v) is 5.68. The van der Waals surface area contributed by atoms with E-state index < -0.39 is 17.8 Å². The molecule has 116 valence electrons. The molecule has 1 aliphatic rings. The SMILES string of the molecule is O=C(O)C1CCCCC1C(=O)Nc1nnc(-c2cccs2)s1. The zero-order chi connectivity index (χ0) is 15.5. The number of aliphatic carboxylic acids is 1. The van der Waals surface area contributed by atoms with Gasteiger partial charge >= 0.3 is 5.97 Å². The molecule has 1 saturated carbocycles. The molecule has 1 amide bonds. The number of anilines is 1. The number of carboxylic acids is 1. The van der Waals surface area contributed by atoms with Crippen molar-refractivity contribution in [2.24, 2.45) is 11.8 Å². The molecule has 1 aliphatic carbocycles. The smallest absolute Gasteiger partial charge is 0.307 e. The van der Waals surface area contributed by atoms with Gasteiger partial charge in [-0.15, -0.1) is 21.5 Å². The van der Waals surface area contributed by atoms with E-state index in [9.17, 15) is 14.7 Å². The second kappa shape index (κ2) is 6.53. The van der Waals surface area contributed by atoms with Crippen molar-refractivity contribution in [3.8, 4) is 9.88 Å². The molecule has 0 bridgehead atoms. The number of carbonyl (C=O) groups is 2. The number of amides is 1. The van der Waals surface area contributed by atoms with E-state index in [2.05, 4.69) is 15.5 Å². The zero-order valence-corrected chi connectivity index (χ0v) is 13.3. The van der Waals surface area contributed by atoms with Gasteiger partial charge in [0.2, 0.25) is 11.0 Å². The number of rotatable bonds is 4. The lowest BCUT2D eigenvalue weighted by atomic mass is 9.79. The summed E-state index contributed by atoms with van der Waals surface area (Å²) in [6, 6.07) is 3.87. The lowest BCUT2D eigenvalue weighted by Crippen LogP contribution is -2.36. The molecule has 2 N–H and O–H groups in total. The lowest BCUT2D eigenvalue weighted by molar-refractivity contribution is -0.147. The third kappa shape index (κ3) is 3.17. The zero-order valence-electron chi connectivity index (χ0n) is 11.7. The van der Waals surface area contributed by atoms with E-state index in [1.807, 2.05) is 17.5 Å². The van der Waals surface area contributed by atoms with Gasteiger partial charge in [-0.1, -0.05) is 30.2 Å². The second-order valence-electron chi connectivity index (χ2n) is 5.21. The number of hydrogen-bond acceptors (Lipinski definition) is 6. The van der Waals surface area contributed by atoms with Gasteiger partial charge < -0.3 is 10.4 Å². The van der Waals surface area contributed by atoms with Crippen LogP contribution in [0.2, 0.25) is 0 Å². The van der Waals surface area contributed by atoms with E-state index in [0.717, 1.165) is 22.7 Å². The summed E-state index contributed by atoms with van der Waals surface area (Å²) in [6.07, 6.45) is 2.92. The van der Waals surface area contributed by atoms with E-state index in [1.54, 1.807) is 11.3 Å². The van der Waals surface area contributed by atoms with Crippen LogP contribution in [0.25, 0.3) is 9.88 Å². The largest absolute Gasteiger partial charge is 0.481 e. The molecule has 0 saturated heterocycles. The Morgan fingerprint density at radius 1 is 1.23 bits per heavy atom. The van der Waals surface area contributed by atoms with Crippen molar-refractivity contribution >= 4 is 39.7 Å². The molecule has 0 aromatic carbocycles. The van der Waals surface area contributed by atoms with Gasteiger partial charge in [0.25, 0.3) is 0 Å². The number of nitrogens with one attached hydrogen (secondary N) is 1. The summed E-state index contributed by atoms with van der Waals surface area (Å²) in [5, 5.41) is 23.1. The molecule has 2 aromatic rings. The van der Waals surface area contributed by atoms with Crippen LogP contribution in [-0.4, -0.2) is 27.2 Å². The maximum atomic E-state index is 12.3. The standard InChI is InChI=1S/C14H15N3O3S2/c18-11(8-4-1-2-5-9(8)13(19)20)15-14-17-16-12(22-14)10-6-3-7-21-10/h3,6-9H,1-2,4-5H2,(H,19,20)(H,15,17,18). The first-order valence-corrected chi connectivity index (χ1v) is 8.76. The Morgan fingerprint density at radius 3 is 2.68 bits per heavy atom. The molecule has 8 heteroatoms. The number of carboxylic acid groups (broad SMARTS) is 1. The van der Waals surface area contributed by atoms with Gasteiger partial charge in [0.15, 0.2) is 5.01 Å². The number of thiophene rings is 1. The topological polar surface area (TPSA) is 92.2 Å². The minimum absolute atomic E-state index is 0.263. The van der Waals surface area contributed by atoms with Crippen molar-refractivity contribution in [3.05, 3.63) is 17.5 Å². The van der Waals surface area contributed by atoms with Crippen LogP contribution in [0.3, 0.4) is 0 Å². The van der Waals surface area contributed by atoms with Crippen LogP contribution >= 0.6 is 22.7 Å². The van der Waals surface area contributed by atoms with Gasteiger partial charge in [-0.3, -0.25) is 9.59 Å². The highest BCUT2D eigenvalue weighted by Crippen LogP contribution is 2.33. The fraction of sp³-hybridized carbons (Fsp3) is 0.429. The van der Waals surface area contributed by atoms with Gasteiger partial charge in [0.1, 0.15) is 0 Å². The van der Waals surface area contributed by atoms with Gasteiger partial charge in [-0.25, -0.2) is 0 Å². The minimum atomic E-state index is -0.892. The lowest BCUT2D eigenvalue weighted by Gasteiger charge is -2.26. The maximum Gasteiger partial charge on any atom is 0.307 e. The summed E-state index contributed by atoms with van der Waals surface area (Å²) < 4.78 is 0. The highest BCUT2D eigenvalue weighted by atomic mass is 32.1. The summed E-state index contributed by atoms with van der Waals surface area (Å²) in [7, 11) is 0. The molecule has 0 radical (unpaired) electrons. The maximum absolute atomic E-state index is 12.3. The molecular formula is C14H15N3O3S2. The highest BCUT2D eigenvalue weighted by molar-refractivity contribution is 7.23. The minimum Gasteiger partial charge on any atom is -0.481 e. The summed E-state index contributed by atoms with van der Waals surface area (Å²) in [5.74, 6) is -2.24. The Balaban J connectivity index is 1.70. The molecule has 22 heavy (non-hydrogen) atoms. The van der Waals surface area contributed by atoms with Gasteiger partial charge in [-0.2, -0.15) is 0 Å². The van der Waals surface area contributed by atoms with Crippen LogP contribution in [0.1, 0.15) is 25.7 Å². The number of carbonyl (C=O) groups excluding carboxylic acids is 1. The molecule has 6 nitrogen and oxygen atoms in total. The Labute approximate surface area is 135 Å². The Morgan fingerprint density at radius 2 is 2.00 bits per heavy atom. The van der Waals surface area contributed by atoms with Crippen molar-refractivity contribution in [1.82, 2.24) is 10.2 Å². The van der Waals surface area contributed by atoms with Crippen molar-refractivity contribution in [2.75, 3.05) is 5.32 Å². The molecular weight excluding hydrogens is 322 g/mol. The van der Waals surface area contributed by atoms with Crippen LogP contribution in [0, 0.1) is 11.8 Å². The van der Waals surface area contributed by atoms with Gasteiger partial charge in [-0.05, 0) is 24.3 Å². The normalized spacial score (nSPS) is 21.5. The third-order valence-electron chi connectivity index (χ3n) is 3.81. The number of nitrogens with zero attached hydrogens (tertiary/aromatic N) is 2. The number of aromatic nitrogens is 2. The summed E-state index contributed by atoms with van der Waals surface area (Å²) in [5.41, 5.74) is 0. The molecule has 3 rings (SSSR count). The summed E-state index contributed by atoms with van der Waals surface area (Å²) in [4.78, 5) is 24.6. The average molecular weight is 337 g/mol. The Hall–Kier alpha value is -1.80. The van der Waals surface area contributed by atoms with Crippen molar-refractivity contribution < 1.29 is 14.7 Å². The van der Waals surface area contributed by atoms with Gasteiger partial charge in [0.05, 0.1) is 16.7 Å². The van der Waals surface area contributed by atoms with E-state index in [-0.39, 0.29) is 5.91 Å². The van der Waals surface area contributed by atoms with Crippen LogP contribution < -0.4 is 5.32 Å². The van der Waals surface area contributed by atoms with E-state index in [1.165, 1.54) is 11.3 Å². The van der Waals surface area contributed by atoms with Crippen LogP contribution in [-0.2, 0) is 9.59 Å². The van der Waals surface area contributed by atoms with Crippen molar-refractivity contribution in [1.29, 1.82) is 0 Å². The van der Waals surface area contributed by atoms with Crippen LogP contribution in [0.15, 0.2) is 17.5 Å². The quantitative estimate of drug-likeness (QED) is 0.894. The predicted octanol–water partition coefficient (Wildman–Crippen LogP) is 3.10. The second-order valence-corrected chi connectivity index (χ2v) is 7.14. The number of hydrogen-bond donors (Lipinski definition) is 2. The van der Waals surface area contributed by atoms with E-state index >= 15 is 0 Å².